The Balaban J connectivity index is 1.68. The number of pyridine rings is 1. The van der Waals surface area contributed by atoms with Crippen LogP contribution in [0.2, 0.25) is 0 Å². The van der Waals surface area contributed by atoms with E-state index in [4.69, 9.17) is 0 Å². The molecule has 2 heterocycles. The first kappa shape index (κ1) is 14.9. The van der Waals surface area contributed by atoms with Crippen LogP contribution in [0.3, 0.4) is 0 Å². The zero-order valence-electron chi connectivity index (χ0n) is 12.3. The minimum Gasteiger partial charge on any atom is -0.310 e. The maximum Gasteiger partial charge on any atom is 0.260 e. The molecule has 6 heteroatoms. The fourth-order valence-corrected chi connectivity index (χ4v) is 4.06. The van der Waals surface area contributed by atoms with Crippen LogP contribution < -0.4 is 5.32 Å². The van der Waals surface area contributed by atoms with E-state index in [2.05, 4.69) is 10.3 Å². The molecule has 0 atom stereocenters. The Bertz CT molecular complexity index is 559. The lowest BCUT2D eigenvalue weighted by atomic mass is 10.2. The first-order valence-electron chi connectivity index (χ1n) is 7.85. The van der Waals surface area contributed by atoms with Crippen LogP contribution in [0.4, 0.5) is 0 Å². The van der Waals surface area contributed by atoms with Gasteiger partial charge in [-0.3, -0.25) is 0 Å². The summed E-state index contributed by atoms with van der Waals surface area (Å²) in [5.41, 5.74) is 1.04. The Morgan fingerprint density at radius 2 is 1.86 bits per heavy atom. The van der Waals surface area contributed by atoms with Gasteiger partial charge in [0.05, 0.1) is 0 Å². The van der Waals surface area contributed by atoms with E-state index in [1.54, 1.807) is 16.6 Å². The van der Waals surface area contributed by atoms with Crippen molar-refractivity contribution in [2.45, 2.75) is 56.1 Å². The molecular weight excluding hydrogens is 286 g/mol. The van der Waals surface area contributed by atoms with Crippen LogP contribution in [0, 0.1) is 0 Å². The monoisotopic (exact) mass is 309 g/mol. The quantitative estimate of drug-likeness (QED) is 0.902. The highest BCUT2D eigenvalue weighted by Crippen LogP contribution is 2.20. The summed E-state index contributed by atoms with van der Waals surface area (Å²) in [4.78, 5) is 4.18. The van der Waals surface area contributed by atoms with Crippen molar-refractivity contribution in [3.8, 4) is 0 Å². The molecule has 1 aliphatic heterocycles. The van der Waals surface area contributed by atoms with Gasteiger partial charge in [0.15, 0.2) is 5.03 Å². The van der Waals surface area contributed by atoms with E-state index in [0.717, 1.165) is 37.8 Å². The van der Waals surface area contributed by atoms with Crippen LogP contribution in [0.1, 0.15) is 44.1 Å². The van der Waals surface area contributed by atoms with Crippen molar-refractivity contribution in [2.24, 2.45) is 0 Å². The van der Waals surface area contributed by atoms with Crippen molar-refractivity contribution in [1.29, 1.82) is 0 Å². The molecule has 2 fully saturated rings. The Kier molecular flexibility index (Phi) is 4.57. The number of nitrogens with one attached hydrogen (secondary N) is 1. The SMILES string of the molecule is O=S(=O)(c1ccc(CNC2CC2)cn1)N1CCCCCC1. The average molecular weight is 309 g/mol. The molecule has 116 valence electrons. The number of rotatable bonds is 5. The summed E-state index contributed by atoms with van der Waals surface area (Å²) in [6.45, 7) is 2.01. The molecule has 0 radical (unpaired) electrons. The third-order valence-electron chi connectivity index (χ3n) is 4.14. The van der Waals surface area contributed by atoms with Gasteiger partial charge in [-0.2, -0.15) is 4.31 Å². The fourth-order valence-electron chi connectivity index (χ4n) is 2.63. The summed E-state index contributed by atoms with van der Waals surface area (Å²) in [5, 5.41) is 3.58. The van der Waals surface area contributed by atoms with Gasteiger partial charge in [0.25, 0.3) is 10.0 Å². The molecule has 1 aliphatic carbocycles. The van der Waals surface area contributed by atoms with Crippen LogP contribution in [-0.2, 0) is 16.6 Å². The number of aromatic nitrogens is 1. The van der Waals surface area contributed by atoms with Crippen LogP contribution in [-0.4, -0.2) is 36.8 Å². The van der Waals surface area contributed by atoms with Crippen LogP contribution in [0.25, 0.3) is 0 Å². The summed E-state index contributed by atoms with van der Waals surface area (Å²) in [5.74, 6) is 0. The molecule has 0 unspecified atom stereocenters. The molecule has 1 saturated heterocycles. The third-order valence-corrected chi connectivity index (χ3v) is 5.95. The number of sulfonamides is 1. The Hall–Kier alpha value is -0.980. The van der Waals surface area contributed by atoms with Crippen molar-refractivity contribution in [3.63, 3.8) is 0 Å². The molecule has 0 spiro atoms. The molecule has 1 aromatic rings. The van der Waals surface area contributed by atoms with Crippen molar-refractivity contribution in [1.82, 2.24) is 14.6 Å². The molecule has 1 saturated carbocycles. The maximum atomic E-state index is 12.6. The van der Waals surface area contributed by atoms with Crippen LogP contribution in [0.15, 0.2) is 23.4 Å². The van der Waals surface area contributed by atoms with E-state index in [9.17, 15) is 8.42 Å². The summed E-state index contributed by atoms with van der Waals surface area (Å²) < 4.78 is 26.7. The van der Waals surface area contributed by atoms with Crippen molar-refractivity contribution in [2.75, 3.05) is 13.1 Å². The second-order valence-electron chi connectivity index (χ2n) is 5.98. The van der Waals surface area contributed by atoms with E-state index in [-0.39, 0.29) is 5.03 Å². The first-order valence-corrected chi connectivity index (χ1v) is 9.29. The van der Waals surface area contributed by atoms with Crippen molar-refractivity contribution < 1.29 is 8.42 Å². The van der Waals surface area contributed by atoms with Gasteiger partial charge < -0.3 is 5.32 Å². The average Bonchev–Trinajstić information content (AvgIpc) is 3.32. The number of hydrogen-bond acceptors (Lipinski definition) is 4. The van der Waals surface area contributed by atoms with Gasteiger partial charge in [0.2, 0.25) is 0 Å². The highest BCUT2D eigenvalue weighted by molar-refractivity contribution is 7.89. The smallest absolute Gasteiger partial charge is 0.260 e. The lowest BCUT2D eigenvalue weighted by Crippen LogP contribution is -2.32. The van der Waals surface area contributed by atoms with Crippen molar-refractivity contribution >= 4 is 10.0 Å². The van der Waals surface area contributed by atoms with E-state index in [1.807, 2.05) is 6.07 Å². The minimum atomic E-state index is -3.42. The molecule has 5 nitrogen and oxygen atoms in total. The van der Waals surface area contributed by atoms with Gasteiger partial charge in [-0.15, -0.1) is 0 Å². The van der Waals surface area contributed by atoms with Gasteiger partial charge >= 0.3 is 0 Å². The predicted octanol–water partition coefficient (Wildman–Crippen LogP) is 1.90. The van der Waals surface area contributed by atoms with Crippen LogP contribution in [0.5, 0.6) is 0 Å². The minimum absolute atomic E-state index is 0.180. The highest BCUT2D eigenvalue weighted by Gasteiger charge is 2.26. The van der Waals surface area contributed by atoms with Gasteiger partial charge in [-0.25, -0.2) is 13.4 Å². The van der Waals surface area contributed by atoms with Crippen molar-refractivity contribution in [3.05, 3.63) is 23.9 Å². The zero-order chi connectivity index (χ0) is 14.7. The van der Waals surface area contributed by atoms with Gasteiger partial charge in [0, 0.05) is 31.9 Å². The summed E-state index contributed by atoms with van der Waals surface area (Å²) in [6, 6.07) is 4.16. The van der Waals surface area contributed by atoms with Crippen LogP contribution >= 0.6 is 0 Å². The highest BCUT2D eigenvalue weighted by atomic mass is 32.2. The molecule has 1 aromatic heterocycles. The lowest BCUT2D eigenvalue weighted by molar-refractivity contribution is 0.421. The summed E-state index contributed by atoms with van der Waals surface area (Å²) in [6.07, 6.45) is 8.30. The summed E-state index contributed by atoms with van der Waals surface area (Å²) >= 11 is 0. The zero-order valence-corrected chi connectivity index (χ0v) is 13.1. The molecule has 1 N–H and O–H groups in total. The van der Waals surface area contributed by atoms with Gasteiger partial charge in [-0.1, -0.05) is 18.9 Å². The second kappa shape index (κ2) is 6.42. The maximum absolute atomic E-state index is 12.6. The predicted molar refractivity (Wildman–Crippen MR) is 81.3 cm³/mol. The van der Waals surface area contributed by atoms with E-state index < -0.39 is 10.0 Å². The standard InChI is InChI=1S/C15H23N3O2S/c19-21(20,18-9-3-1-2-4-10-18)15-8-5-13(12-17-15)11-16-14-6-7-14/h5,8,12,14,16H,1-4,6-7,9-11H2. The Labute approximate surface area is 126 Å². The second-order valence-corrected chi connectivity index (χ2v) is 7.86. The Morgan fingerprint density at radius 1 is 1.14 bits per heavy atom. The topological polar surface area (TPSA) is 62.3 Å². The first-order chi connectivity index (χ1) is 10.2. The Morgan fingerprint density at radius 3 is 2.43 bits per heavy atom. The molecule has 2 aliphatic rings. The molecule has 21 heavy (non-hydrogen) atoms. The molecule has 0 bridgehead atoms. The number of nitrogens with zero attached hydrogens (tertiary/aromatic N) is 2. The van der Waals surface area contributed by atoms with Gasteiger partial charge in [-0.05, 0) is 37.3 Å². The van der Waals surface area contributed by atoms with E-state index in [0.29, 0.717) is 19.1 Å². The molecule has 3 rings (SSSR count). The van der Waals surface area contributed by atoms with Gasteiger partial charge in [0.1, 0.15) is 0 Å². The van der Waals surface area contributed by atoms with E-state index >= 15 is 0 Å². The number of hydrogen-bond donors (Lipinski definition) is 1. The fraction of sp³-hybridized carbons (Fsp3) is 0.667. The molecule has 0 aromatic carbocycles. The normalized spacial score (nSPS) is 21.1. The largest absolute Gasteiger partial charge is 0.310 e. The molecule has 0 amide bonds. The third kappa shape index (κ3) is 3.81. The lowest BCUT2D eigenvalue weighted by Gasteiger charge is -2.19. The molecular formula is C15H23N3O2S. The van der Waals surface area contributed by atoms with E-state index in [1.165, 1.54) is 12.8 Å². The summed E-state index contributed by atoms with van der Waals surface area (Å²) in [7, 11) is -3.42.